The summed E-state index contributed by atoms with van der Waals surface area (Å²) < 4.78 is 10.9. The first-order valence-electron chi connectivity index (χ1n) is 8.71. The van der Waals surface area contributed by atoms with Crippen LogP contribution in [0.5, 0.6) is 11.5 Å². The van der Waals surface area contributed by atoms with Crippen molar-refractivity contribution in [2.75, 3.05) is 0 Å². The molecule has 8 heteroatoms. The molecule has 0 radical (unpaired) electrons. The molecule has 0 saturated heterocycles. The topological polar surface area (TPSA) is 95.7 Å². The van der Waals surface area contributed by atoms with Gasteiger partial charge in [0.15, 0.2) is 5.76 Å². The number of ether oxygens (including phenoxy) is 2. The number of rotatable bonds is 4. The van der Waals surface area contributed by atoms with Gasteiger partial charge in [0.1, 0.15) is 11.5 Å². The summed E-state index contributed by atoms with van der Waals surface area (Å²) in [5, 5.41) is 11.4. The summed E-state index contributed by atoms with van der Waals surface area (Å²) in [6, 6.07) is 16.5. The number of non-ortho nitro benzene ring substituents is 1. The minimum Gasteiger partial charge on any atom is -0.452 e. The fraction of sp³-hybridized carbons (Fsp3) is 0. The molecule has 0 spiro atoms. The summed E-state index contributed by atoms with van der Waals surface area (Å²) in [6.07, 6.45) is 1.43. The predicted octanol–water partition coefficient (Wildman–Crippen LogP) is 5.08. The molecule has 0 fully saturated rings. The SMILES string of the molecule is O=C(Oc1ccc2c(c1)OC(=Cc1cccc([N+](=O)[O-])c1)C2=O)c1ccc(Cl)cc1. The number of nitro groups is 1. The summed E-state index contributed by atoms with van der Waals surface area (Å²) in [5.41, 5.74) is 0.986. The second-order valence-electron chi connectivity index (χ2n) is 6.35. The number of carbonyl (C=O) groups is 2. The number of hydrogen-bond donors (Lipinski definition) is 0. The van der Waals surface area contributed by atoms with Crippen LogP contribution in [-0.4, -0.2) is 16.7 Å². The smallest absolute Gasteiger partial charge is 0.343 e. The third-order valence-corrected chi connectivity index (χ3v) is 4.56. The van der Waals surface area contributed by atoms with Crippen molar-refractivity contribution in [3.05, 3.63) is 104 Å². The molecule has 0 unspecified atom stereocenters. The van der Waals surface area contributed by atoms with Crippen molar-refractivity contribution in [1.82, 2.24) is 0 Å². The fourth-order valence-electron chi connectivity index (χ4n) is 2.86. The lowest BCUT2D eigenvalue weighted by molar-refractivity contribution is -0.384. The van der Waals surface area contributed by atoms with Gasteiger partial charge in [-0.1, -0.05) is 23.7 Å². The first kappa shape index (κ1) is 19.4. The van der Waals surface area contributed by atoms with E-state index in [4.69, 9.17) is 21.1 Å². The van der Waals surface area contributed by atoms with Gasteiger partial charge in [0.05, 0.1) is 16.1 Å². The molecule has 3 aromatic carbocycles. The van der Waals surface area contributed by atoms with Crippen LogP contribution in [0.2, 0.25) is 5.02 Å². The molecule has 0 amide bonds. The molecule has 1 heterocycles. The first-order chi connectivity index (χ1) is 14.4. The number of carbonyl (C=O) groups excluding carboxylic acids is 2. The Kier molecular flexibility index (Phi) is 5.04. The number of fused-ring (bicyclic) bond motifs is 1. The average Bonchev–Trinajstić information content (AvgIpc) is 3.03. The largest absolute Gasteiger partial charge is 0.452 e. The maximum atomic E-state index is 12.6. The summed E-state index contributed by atoms with van der Waals surface area (Å²) >= 11 is 5.81. The number of nitrogens with zero attached hydrogens (tertiary/aromatic N) is 1. The Bertz CT molecular complexity index is 1220. The molecule has 30 heavy (non-hydrogen) atoms. The molecule has 0 N–H and O–H groups in total. The molecule has 7 nitrogen and oxygen atoms in total. The molecular weight excluding hydrogens is 410 g/mol. The van der Waals surface area contributed by atoms with Crippen LogP contribution in [0.1, 0.15) is 26.3 Å². The first-order valence-corrected chi connectivity index (χ1v) is 9.09. The van der Waals surface area contributed by atoms with E-state index in [-0.39, 0.29) is 28.7 Å². The summed E-state index contributed by atoms with van der Waals surface area (Å²) in [5.74, 6) is -0.488. The Morgan fingerprint density at radius 1 is 1.07 bits per heavy atom. The van der Waals surface area contributed by atoms with E-state index in [9.17, 15) is 19.7 Å². The van der Waals surface area contributed by atoms with Crippen molar-refractivity contribution in [2.24, 2.45) is 0 Å². The number of Topliss-reactive ketones (excluding diaryl/α,β-unsaturated/α-hetero) is 1. The predicted molar refractivity (Wildman–Crippen MR) is 109 cm³/mol. The van der Waals surface area contributed by atoms with Gasteiger partial charge in [-0.25, -0.2) is 4.79 Å². The third-order valence-electron chi connectivity index (χ3n) is 4.31. The number of esters is 1. The van der Waals surface area contributed by atoms with Crippen LogP contribution in [0, 0.1) is 10.1 Å². The van der Waals surface area contributed by atoms with Crippen molar-refractivity contribution >= 4 is 35.1 Å². The molecule has 1 aliphatic heterocycles. The Morgan fingerprint density at radius 2 is 1.83 bits per heavy atom. The third kappa shape index (κ3) is 3.92. The molecule has 0 atom stereocenters. The maximum absolute atomic E-state index is 12.6. The van der Waals surface area contributed by atoms with E-state index in [1.807, 2.05) is 0 Å². The molecule has 0 bridgehead atoms. The summed E-state index contributed by atoms with van der Waals surface area (Å²) in [4.78, 5) is 35.2. The van der Waals surface area contributed by atoms with Crippen LogP contribution in [0.3, 0.4) is 0 Å². The van der Waals surface area contributed by atoms with Gasteiger partial charge in [-0.05, 0) is 48.0 Å². The van der Waals surface area contributed by atoms with Crippen molar-refractivity contribution in [3.63, 3.8) is 0 Å². The van der Waals surface area contributed by atoms with Crippen LogP contribution in [-0.2, 0) is 0 Å². The quantitative estimate of drug-likeness (QED) is 0.191. The lowest BCUT2D eigenvalue weighted by Crippen LogP contribution is -2.08. The second-order valence-corrected chi connectivity index (χ2v) is 6.78. The number of nitro benzene ring substituents is 1. The van der Waals surface area contributed by atoms with E-state index in [0.29, 0.717) is 21.7 Å². The van der Waals surface area contributed by atoms with E-state index in [1.54, 1.807) is 18.2 Å². The Labute approximate surface area is 175 Å². The zero-order chi connectivity index (χ0) is 21.3. The van der Waals surface area contributed by atoms with Crippen molar-refractivity contribution in [1.29, 1.82) is 0 Å². The van der Waals surface area contributed by atoms with Crippen LogP contribution in [0.4, 0.5) is 5.69 Å². The highest BCUT2D eigenvalue weighted by molar-refractivity contribution is 6.30. The minimum atomic E-state index is -0.580. The van der Waals surface area contributed by atoms with E-state index >= 15 is 0 Å². The Morgan fingerprint density at radius 3 is 2.57 bits per heavy atom. The lowest BCUT2D eigenvalue weighted by atomic mass is 10.1. The highest BCUT2D eigenvalue weighted by Crippen LogP contribution is 2.35. The van der Waals surface area contributed by atoms with Crippen LogP contribution in [0.15, 0.2) is 72.5 Å². The zero-order valence-corrected chi connectivity index (χ0v) is 16.0. The van der Waals surface area contributed by atoms with Gasteiger partial charge in [0.2, 0.25) is 5.78 Å². The fourth-order valence-corrected chi connectivity index (χ4v) is 2.99. The van der Waals surface area contributed by atoms with Gasteiger partial charge in [0, 0.05) is 23.2 Å². The summed E-state index contributed by atoms with van der Waals surface area (Å²) in [7, 11) is 0. The van der Waals surface area contributed by atoms with Crippen LogP contribution < -0.4 is 9.47 Å². The van der Waals surface area contributed by atoms with Gasteiger partial charge in [-0.3, -0.25) is 14.9 Å². The van der Waals surface area contributed by atoms with E-state index in [0.717, 1.165) is 0 Å². The Balaban J connectivity index is 1.55. The molecular formula is C22H12ClNO6. The lowest BCUT2D eigenvalue weighted by Gasteiger charge is -2.05. The number of allylic oxidation sites excluding steroid dienone is 1. The number of ketones is 1. The standard InChI is InChI=1S/C22H12ClNO6/c23-15-6-4-14(5-7-15)22(26)29-17-8-9-18-19(12-17)30-20(21(18)25)11-13-2-1-3-16(10-13)24(27)28/h1-12H. The number of benzene rings is 3. The number of halogens is 1. The van der Waals surface area contributed by atoms with Gasteiger partial charge < -0.3 is 9.47 Å². The van der Waals surface area contributed by atoms with Crippen molar-refractivity contribution in [2.45, 2.75) is 0 Å². The normalized spacial score (nSPS) is 13.6. The van der Waals surface area contributed by atoms with E-state index in [1.165, 1.54) is 54.6 Å². The monoisotopic (exact) mass is 421 g/mol. The average molecular weight is 422 g/mol. The van der Waals surface area contributed by atoms with Crippen LogP contribution in [0.25, 0.3) is 6.08 Å². The van der Waals surface area contributed by atoms with Gasteiger partial charge in [-0.15, -0.1) is 0 Å². The molecule has 0 saturated carbocycles. The highest BCUT2D eigenvalue weighted by atomic mass is 35.5. The van der Waals surface area contributed by atoms with Crippen molar-refractivity contribution in [3.8, 4) is 11.5 Å². The maximum Gasteiger partial charge on any atom is 0.343 e. The highest BCUT2D eigenvalue weighted by Gasteiger charge is 2.28. The van der Waals surface area contributed by atoms with Gasteiger partial charge in [-0.2, -0.15) is 0 Å². The minimum absolute atomic E-state index is 0.0201. The molecule has 0 aliphatic carbocycles. The molecule has 1 aliphatic rings. The van der Waals surface area contributed by atoms with Gasteiger partial charge >= 0.3 is 5.97 Å². The molecule has 148 valence electrons. The Hall–Kier alpha value is -3.97. The number of hydrogen-bond acceptors (Lipinski definition) is 6. The molecule has 0 aromatic heterocycles. The molecule has 3 aromatic rings. The van der Waals surface area contributed by atoms with Crippen molar-refractivity contribution < 1.29 is 24.0 Å². The van der Waals surface area contributed by atoms with Gasteiger partial charge in [0.25, 0.3) is 5.69 Å². The zero-order valence-electron chi connectivity index (χ0n) is 15.2. The van der Waals surface area contributed by atoms with E-state index in [2.05, 4.69) is 0 Å². The second kappa shape index (κ2) is 7.81. The van der Waals surface area contributed by atoms with E-state index < -0.39 is 10.9 Å². The van der Waals surface area contributed by atoms with Crippen LogP contribution >= 0.6 is 11.6 Å². The summed E-state index contributed by atoms with van der Waals surface area (Å²) in [6.45, 7) is 0. The molecule has 4 rings (SSSR count).